The summed E-state index contributed by atoms with van der Waals surface area (Å²) in [5, 5.41) is 1.48. The number of rotatable bonds is 0. The van der Waals surface area contributed by atoms with Crippen LogP contribution in [0, 0.1) is 10.5 Å². The molecule has 0 aliphatic carbocycles. The number of hydrogen-bond acceptors (Lipinski definition) is 0. The van der Waals surface area contributed by atoms with E-state index in [0.29, 0.717) is 0 Å². The smallest absolute Gasteiger partial charge is 0.0583 e. The summed E-state index contributed by atoms with van der Waals surface area (Å²) in [4.78, 5) is 0. The van der Waals surface area contributed by atoms with Crippen LogP contribution in [0.25, 0.3) is 0 Å². The van der Waals surface area contributed by atoms with Crippen molar-refractivity contribution < 1.29 is 0 Å². The van der Waals surface area contributed by atoms with Crippen LogP contribution in [-0.2, 0) is 0 Å². The van der Waals surface area contributed by atoms with Crippen LogP contribution < -0.4 is 0 Å². The van der Waals surface area contributed by atoms with Gasteiger partial charge in [0.1, 0.15) is 0 Å². The van der Waals surface area contributed by atoms with Crippen molar-refractivity contribution in [2.24, 2.45) is 0 Å². The molecule has 0 unspecified atom stereocenters. The van der Waals surface area contributed by atoms with E-state index in [-0.39, 0.29) is 0 Å². The third-order valence-electron chi connectivity index (χ3n) is 1.23. The van der Waals surface area contributed by atoms with Crippen molar-refractivity contribution in [2.75, 3.05) is 0 Å². The molecule has 0 atom stereocenters. The highest BCUT2D eigenvalue weighted by atomic mass is 127. The largest absolute Gasteiger partial charge is 0.0831 e. The Morgan fingerprint density at radius 1 is 1.30 bits per heavy atom. The third kappa shape index (κ3) is 1.57. The maximum Gasteiger partial charge on any atom is 0.0583 e. The molecule has 0 heterocycles. The van der Waals surface area contributed by atoms with Crippen LogP contribution in [0.15, 0.2) is 12.1 Å². The van der Waals surface area contributed by atoms with E-state index in [0.717, 1.165) is 19.2 Å². The molecule has 1 aromatic carbocycles. The van der Waals surface area contributed by atoms with Gasteiger partial charge in [0.25, 0.3) is 0 Å². The van der Waals surface area contributed by atoms with E-state index >= 15 is 0 Å². The van der Waals surface area contributed by atoms with Crippen molar-refractivity contribution in [3.8, 4) is 0 Å². The Labute approximate surface area is 83.7 Å². The molecule has 0 nitrogen and oxygen atoms in total. The summed E-state index contributed by atoms with van der Waals surface area (Å²) in [7, 11) is 0. The zero-order chi connectivity index (χ0) is 7.72. The molecular formula is C7H5Cl2I. The summed E-state index contributed by atoms with van der Waals surface area (Å²) >= 11 is 13.8. The van der Waals surface area contributed by atoms with Crippen LogP contribution in [0.4, 0.5) is 0 Å². The van der Waals surface area contributed by atoms with E-state index in [1.165, 1.54) is 0 Å². The predicted molar refractivity (Wildman–Crippen MR) is 53.9 cm³/mol. The minimum atomic E-state index is 0.719. The lowest BCUT2D eigenvalue weighted by Gasteiger charge is -2.00. The first-order valence-corrected chi connectivity index (χ1v) is 4.56. The van der Waals surface area contributed by atoms with E-state index in [2.05, 4.69) is 22.6 Å². The van der Waals surface area contributed by atoms with Crippen LogP contribution in [0.1, 0.15) is 5.56 Å². The predicted octanol–water partition coefficient (Wildman–Crippen LogP) is 3.91. The molecule has 10 heavy (non-hydrogen) atoms. The Balaban J connectivity index is 3.34. The fraction of sp³-hybridized carbons (Fsp3) is 0.143. The number of hydrogen-bond donors (Lipinski definition) is 0. The van der Waals surface area contributed by atoms with Crippen LogP contribution in [0.2, 0.25) is 10.0 Å². The molecule has 0 saturated carbocycles. The van der Waals surface area contributed by atoms with Crippen LogP contribution in [0.3, 0.4) is 0 Å². The second kappa shape index (κ2) is 3.28. The molecule has 0 N–H and O–H groups in total. The molecule has 0 amide bonds. The number of aryl methyl sites for hydroxylation is 1. The summed E-state index contributed by atoms with van der Waals surface area (Å²) in [6.07, 6.45) is 0. The van der Waals surface area contributed by atoms with Gasteiger partial charge in [0, 0.05) is 0 Å². The first-order chi connectivity index (χ1) is 4.63. The molecule has 54 valence electrons. The highest BCUT2D eigenvalue weighted by Crippen LogP contribution is 2.28. The van der Waals surface area contributed by atoms with Gasteiger partial charge in [-0.15, -0.1) is 0 Å². The Morgan fingerprint density at radius 3 is 2.40 bits per heavy atom. The molecular weight excluding hydrogens is 282 g/mol. The fourth-order valence-electron chi connectivity index (χ4n) is 0.622. The molecule has 3 heteroatoms. The zero-order valence-electron chi connectivity index (χ0n) is 5.29. The molecule has 0 spiro atoms. The molecule has 0 bridgehead atoms. The summed E-state index contributed by atoms with van der Waals surface area (Å²) in [6, 6.07) is 3.76. The second-order valence-corrected chi connectivity index (χ2v) is 3.86. The lowest BCUT2D eigenvalue weighted by Crippen LogP contribution is -1.80. The first kappa shape index (κ1) is 8.62. The summed E-state index contributed by atoms with van der Waals surface area (Å²) < 4.78 is 0.931. The topological polar surface area (TPSA) is 0 Å². The molecule has 0 aliphatic rings. The summed E-state index contributed by atoms with van der Waals surface area (Å²) in [5.74, 6) is 0. The monoisotopic (exact) mass is 286 g/mol. The van der Waals surface area contributed by atoms with Gasteiger partial charge in [0.2, 0.25) is 0 Å². The SMILES string of the molecule is Cc1ccc(Cl)c(I)c1Cl. The van der Waals surface area contributed by atoms with E-state index in [1.807, 2.05) is 19.1 Å². The molecule has 1 aromatic rings. The van der Waals surface area contributed by atoms with Gasteiger partial charge in [-0.25, -0.2) is 0 Å². The van der Waals surface area contributed by atoms with Gasteiger partial charge in [-0.2, -0.15) is 0 Å². The van der Waals surface area contributed by atoms with Gasteiger partial charge in [-0.1, -0.05) is 29.3 Å². The first-order valence-electron chi connectivity index (χ1n) is 2.73. The van der Waals surface area contributed by atoms with Gasteiger partial charge in [0.15, 0.2) is 0 Å². The van der Waals surface area contributed by atoms with Crippen molar-refractivity contribution >= 4 is 45.8 Å². The molecule has 0 aromatic heterocycles. The Kier molecular flexibility index (Phi) is 2.83. The zero-order valence-corrected chi connectivity index (χ0v) is 8.96. The number of halogens is 3. The quantitative estimate of drug-likeness (QED) is 0.501. The molecule has 1 rings (SSSR count). The minimum absolute atomic E-state index is 0.719. The van der Waals surface area contributed by atoms with Crippen molar-refractivity contribution in [3.05, 3.63) is 31.3 Å². The van der Waals surface area contributed by atoms with Gasteiger partial charge in [0.05, 0.1) is 13.6 Å². The van der Waals surface area contributed by atoms with Crippen LogP contribution in [-0.4, -0.2) is 0 Å². The average Bonchev–Trinajstić information content (AvgIpc) is 1.93. The molecule has 0 fully saturated rings. The van der Waals surface area contributed by atoms with Crippen molar-refractivity contribution in [1.29, 1.82) is 0 Å². The van der Waals surface area contributed by atoms with E-state index in [9.17, 15) is 0 Å². The fourth-order valence-corrected chi connectivity index (χ4v) is 1.60. The van der Waals surface area contributed by atoms with E-state index < -0.39 is 0 Å². The Morgan fingerprint density at radius 2 is 1.90 bits per heavy atom. The maximum absolute atomic E-state index is 5.89. The lowest BCUT2D eigenvalue weighted by molar-refractivity contribution is 1.45. The van der Waals surface area contributed by atoms with Gasteiger partial charge >= 0.3 is 0 Å². The summed E-state index contributed by atoms with van der Waals surface area (Å²) in [6.45, 7) is 1.96. The van der Waals surface area contributed by atoms with Gasteiger partial charge < -0.3 is 0 Å². The standard InChI is InChI=1S/C7H5Cl2I/c1-4-2-3-5(8)7(10)6(4)9/h2-3H,1H3. The second-order valence-electron chi connectivity index (χ2n) is 1.99. The molecule has 0 saturated heterocycles. The summed E-state index contributed by atoms with van der Waals surface area (Å²) in [5.41, 5.74) is 1.07. The van der Waals surface area contributed by atoms with Crippen molar-refractivity contribution in [3.63, 3.8) is 0 Å². The molecule has 0 aliphatic heterocycles. The maximum atomic E-state index is 5.89. The van der Waals surface area contributed by atoms with Crippen molar-refractivity contribution in [2.45, 2.75) is 6.92 Å². The minimum Gasteiger partial charge on any atom is -0.0831 e. The third-order valence-corrected chi connectivity index (χ3v) is 3.79. The van der Waals surface area contributed by atoms with E-state index in [1.54, 1.807) is 0 Å². The van der Waals surface area contributed by atoms with E-state index in [4.69, 9.17) is 23.2 Å². The highest BCUT2D eigenvalue weighted by molar-refractivity contribution is 14.1. The lowest BCUT2D eigenvalue weighted by atomic mass is 10.2. The Hall–Kier alpha value is 0.530. The normalized spacial score (nSPS) is 10.0. The Bertz CT molecular complexity index is 231. The van der Waals surface area contributed by atoms with Gasteiger partial charge in [-0.3, -0.25) is 0 Å². The highest BCUT2D eigenvalue weighted by Gasteiger charge is 2.03. The van der Waals surface area contributed by atoms with Crippen LogP contribution >= 0.6 is 45.8 Å². The van der Waals surface area contributed by atoms with Crippen LogP contribution in [0.5, 0.6) is 0 Å². The van der Waals surface area contributed by atoms with Crippen molar-refractivity contribution in [1.82, 2.24) is 0 Å². The average molecular weight is 287 g/mol. The number of benzene rings is 1. The van der Waals surface area contributed by atoms with Gasteiger partial charge in [-0.05, 0) is 41.1 Å². The molecule has 0 radical (unpaired) electrons.